The van der Waals surface area contributed by atoms with Crippen molar-refractivity contribution in [2.45, 2.75) is 25.3 Å². The number of aliphatic hydroxyl groups excluding tert-OH is 1. The monoisotopic (exact) mass is 479 g/mol. The topological polar surface area (TPSA) is 122 Å². The maximum atomic E-state index is 13.2. The van der Waals surface area contributed by atoms with Crippen molar-refractivity contribution in [3.05, 3.63) is 69.3 Å². The zero-order valence-corrected chi connectivity index (χ0v) is 19.0. The average molecular weight is 479 g/mol. The van der Waals surface area contributed by atoms with E-state index >= 15 is 0 Å². The van der Waals surface area contributed by atoms with Crippen LogP contribution in [-0.2, 0) is 9.59 Å². The van der Waals surface area contributed by atoms with Crippen LogP contribution in [-0.4, -0.2) is 64.5 Å². The number of ketones is 1. The minimum atomic E-state index is -0.869. The molecule has 0 aromatic heterocycles. The SMILES string of the molecule is O=C1C(=O)N(CCN2CCCCC2)C(c2ccc([N+](=O)[O-])cc2)/C1=C(\O)c1ccc2c(c1)OCO2. The Labute approximate surface area is 201 Å². The van der Waals surface area contributed by atoms with Crippen LogP contribution in [0.25, 0.3) is 5.76 Å². The average Bonchev–Trinajstić information content (AvgIpc) is 3.45. The lowest BCUT2D eigenvalue weighted by Gasteiger charge is -2.31. The smallest absolute Gasteiger partial charge is 0.295 e. The Morgan fingerprint density at radius 3 is 2.43 bits per heavy atom. The summed E-state index contributed by atoms with van der Waals surface area (Å²) in [6, 6.07) is 9.63. The molecule has 2 aromatic carbocycles. The number of aliphatic hydroxyl groups is 1. The Morgan fingerprint density at radius 1 is 1.00 bits per heavy atom. The van der Waals surface area contributed by atoms with Gasteiger partial charge < -0.3 is 24.4 Å². The summed E-state index contributed by atoms with van der Waals surface area (Å²) in [6.45, 7) is 2.82. The van der Waals surface area contributed by atoms with Crippen LogP contribution in [0.3, 0.4) is 0 Å². The Hall–Kier alpha value is -3.92. The summed E-state index contributed by atoms with van der Waals surface area (Å²) >= 11 is 0. The van der Waals surface area contributed by atoms with Crippen LogP contribution in [0, 0.1) is 10.1 Å². The van der Waals surface area contributed by atoms with Crippen LogP contribution < -0.4 is 9.47 Å². The van der Waals surface area contributed by atoms with E-state index in [4.69, 9.17) is 9.47 Å². The molecule has 10 heteroatoms. The lowest BCUT2D eigenvalue weighted by molar-refractivity contribution is -0.384. The molecule has 3 aliphatic heterocycles. The lowest BCUT2D eigenvalue weighted by atomic mass is 9.95. The van der Waals surface area contributed by atoms with Crippen LogP contribution in [0.4, 0.5) is 5.69 Å². The van der Waals surface area contributed by atoms with Gasteiger partial charge in [-0.25, -0.2) is 0 Å². The number of rotatable bonds is 6. The number of nitro groups is 1. The number of benzene rings is 2. The molecule has 10 nitrogen and oxygen atoms in total. The number of non-ortho nitro benzene ring substituents is 1. The molecule has 3 heterocycles. The van der Waals surface area contributed by atoms with Crippen LogP contribution in [0.5, 0.6) is 11.5 Å². The second kappa shape index (κ2) is 9.38. The van der Waals surface area contributed by atoms with Crippen molar-refractivity contribution in [2.75, 3.05) is 33.0 Å². The van der Waals surface area contributed by atoms with E-state index in [0.29, 0.717) is 35.7 Å². The number of piperidine rings is 1. The molecular weight excluding hydrogens is 454 g/mol. The van der Waals surface area contributed by atoms with Gasteiger partial charge in [-0.05, 0) is 61.8 Å². The van der Waals surface area contributed by atoms with Crippen molar-refractivity contribution in [1.82, 2.24) is 9.80 Å². The highest BCUT2D eigenvalue weighted by Gasteiger charge is 2.46. The minimum absolute atomic E-state index is 0.0543. The van der Waals surface area contributed by atoms with E-state index in [0.717, 1.165) is 25.9 Å². The number of Topliss-reactive ketones (excluding diaryl/α,β-unsaturated/α-hetero) is 1. The number of nitrogens with zero attached hydrogens (tertiary/aromatic N) is 3. The van der Waals surface area contributed by atoms with Gasteiger partial charge in [0, 0.05) is 30.8 Å². The van der Waals surface area contributed by atoms with E-state index in [-0.39, 0.29) is 23.8 Å². The molecule has 2 saturated heterocycles. The number of likely N-dealkylation sites (tertiary alicyclic amines) is 2. The van der Waals surface area contributed by atoms with Crippen molar-refractivity contribution >= 4 is 23.1 Å². The van der Waals surface area contributed by atoms with Gasteiger partial charge in [-0.15, -0.1) is 0 Å². The number of ether oxygens (including phenoxy) is 2. The van der Waals surface area contributed by atoms with Gasteiger partial charge in [0.05, 0.1) is 16.5 Å². The number of hydrogen-bond acceptors (Lipinski definition) is 8. The molecule has 5 rings (SSSR count). The van der Waals surface area contributed by atoms with Gasteiger partial charge in [-0.2, -0.15) is 0 Å². The molecule has 0 spiro atoms. The summed E-state index contributed by atoms with van der Waals surface area (Å²) in [7, 11) is 0. The highest BCUT2D eigenvalue weighted by Crippen LogP contribution is 2.41. The quantitative estimate of drug-likeness (QED) is 0.220. The number of carbonyl (C=O) groups excluding carboxylic acids is 2. The lowest BCUT2D eigenvalue weighted by Crippen LogP contribution is -2.39. The second-order valence-electron chi connectivity index (χ2n) is 8.81. The number of fused-ring (bicyclic) bond motifs is 1. The largest absolute Gasteiger partial charge is 0.507 e. The number of hydrogen-bond donors (Lipinski definition) is 1. The Bertz CT molecular complexity index is 1200. The number of carbonyl (C=O) groups is 2. The third kappa shape index (κ3) is 4.32. The van der Waals surface area contributed by atoms with Gasteiger partial charge in [0.25, 0.3) is 17.4 Å². The maximum absolute atomic E-state index is 13.2. The van der Waals surface area contributed by atoms with Gasteiger partial charge in [-0.1, -0.05) is 6.42 Å². The van der Waals surface area contributed by atoms with E-state index < -0.39 is 22.7 Å². The highest BCUT2D eigenvalue weighted by molar-refractivity contribution is 6.46. The second-order valence-corrected chi connectivity index (χ2v) is 8.81. The molecule has 3 aliphatic rings. The van der Waals surface area contributed by atoms with Gasteiger partial charge in [-0.3, -0.25) is 19.7 Å². The standard InChI is InChI=1S/C25H25N3O7/c29-23(17-6-9-19-20(14-17)35-15-34-19)21-22(16-4-7-18(8-5-16)28(32)33)27(25(31)24(21)30)13-12-26-10-2-1-3-11-26/h4-9,14,22,29H,1-3,10-13,15H2/b23-21+. The van der Waals surface area contributed by atoms with Gasteiger partial charge >= 0.3 is 0 Å². The fraction of sp³-hybridized carbons (Fsp3) is 0.360. The predicted molar refractivity (Wildman–Crippen MR) is 125 cm³/mol. The van der Waals surface area contributed by atoms with Gasteiger partial charge in [0.15, 0.2) is 11.5 Å². The van der Waals surface area contributed by atoms with Crippen molar-refractivity contribution in [3.8, 4) is 11.5 Å². The molecule has 0 aliphatic carbocycles. The van der Waals surface area contributed by atoms with E-state index in [9.17, 15) is 24.8 Å². The summed E-state index contributed by atoms with van der Waals surface area (Å²) < 4.78 is 10.7. The summed E-state index contributed by atoms with van der Waals surface area (Å²) in [5, 5.41) is 22.4. The zero-order valence-electron chi connectivity index (χ0n) is 19.0. The fourth-order valence-corrected chi connectivity index (χ4v) is 4.87. The molecule has 0 saturated carbocycles. The molecule has 2 fully saturated rings. The predicted octanol–water partition coefficient (Wildman–Crippen LogP) is 3.23. The Morgan fingerprint density at radius 2 is 1.71 bits per heavy atom. The molecule has 2 aromatic rings. The van der Waals surface area contributed by atoms with Crippen LogP contribution in [0.15, 0.2) is 48.0 Å². The third-order valence-electron chi connectivity index (χ3n) is 6.71. The van der Waals surface area contributed by atoms with E-state index in [1.54, 1.807) is 18.2 Å². The Kier molecular flexibility index (Phi) is 6.12. The first-order valence-corrected chi connectivity index (χ1v) is 11.6. The number of amides is 1. The van der Waals surface area contributed by atoms with Crippen molar-refractivity contribution in [1.29, 1.82) is 0 Å². The summed E-state index contributed by atoms with van der Waals surface area (Å²) in [6.07, 6.45) is 3.36. The summed E-state index contributed by atoms with van der Waals surface area (Å²) in [4.78, 5) is 40.7. The Balaban J connectivity index is 1.54. The first-order valence-electron chi connectivity index (χ1n) is 11.6. The first-order chi connectivity index (χ1) is 16.9. The van der Waals surface area contributed by atoms with Crippen molar-refractivity contribution in [3.63, 3.8) is 0 Å². The molecule has 0 bridgehead atoms. The highest BCUT2D eigenvalue weighted by atomic mass is 16.7. The number of nitro benzene ring substituents is 1. The van der Waals surface area contributed by atoms with Gasteiger partial charge in [0.1, 0.15) is 5.76 Å². The first kappa shape index (κ1) is 22.9. The molecule has 0 radical (unpaired) electrons. The van der Waals surface area contributed by atoms with E-state index in [1.165, 1.54) is 35.6 Å². The molecular formula is C25H25N3O7. The van der Waals surface area contributed by atoms with Crippen molar-refractivity contribution in [2.24, 2.45) is 0 Å². The van der Waals surface area contributed by atoms with Crippen molar-refractivity contribution < 1.29 is 29.1 Å². The molecule has 1 atom stereocenters. The molecule has 1 unspecified atom stereocenters. The van der Waals surface area contributed by atoms with E-state index in [1.807, 2.05) is 0 Å². The fourth-order valence-electron chi connectivity index (χ4n) is 4.87. The normalized spacial score (nSPS) is 21.5. The van der Waals surface area contributed by atoms with E-state index in [2.05, 4.69) is 4.90 Å². The van der Waals surface area contributed by atoms with Gasteiger partial charge in [0.2, 0.25) is 6.79 Å². The van der Waals surface area contributed by atoms with Crippen LogP contribution >= 0.6 is 0 Å². The summed E-state index contributed by atoms with van der Waals surface area (Å²) in [5.41, 5.74) is 0.669. The summed E-state index contributed by atoms with van der Waals surface area (Å²) in [5.74, 6) is -0.865. The zero-order chi connectivity index (χ0) is 24.5. The third-order valence-corrected chi connectivity index (χ3v) is 6.71. The minimum Gasteiger partial charge on any atom is -0.507 e. The molecule has 35 heavy (non-hydrogen) atoms. The van der Waals surface area contributed by atoms with Crippen LogP contribution in [0.1, 0.15) is 36.4 Å². The molecule has 182 valence electrons. The van der Waals surface area contributed by atoms with Crippen LogP contribution in [0.2, 0.25) is 0 Å². The molecule has 1 amide bonds. The maximum Gasteiger partial charge on any atom is 0.295 e. The molecule has 1 N–H and O–H groups in total.